The number of fused-ring (bicyclic) bond motifs is 1. The third-order valence-electron chi connectivity index (χ3n) is 5.35. The zero-order chi connectivity index (χ0) is 14.2. The number of Topliss-reactive ketones (excluding diaryl/α,β-unsaturated/α-hetero) is 1. The zero-order valence-electron chi connectivity index (χ0n) is 12.6. The summed E-state index contributed by atoms with van der Waals surface area (Å²) in [5, 5.41) is 1.09. The molecular weight excluding hydrogens is 268 g/mol. The van der Waals surface area contributed by atoms with Gasteiger partial charge in [-0.1, -0.05) is 26.7 Å². The number of thiazole rings is 1. The molecule has 1 saturated heterocycles. The lowest BCUT2D eigenvalue weighted by atomic mass is 9.74. The molecule has 0 radical (unpaired) electrons. The topological polar surface area (TPSA) is 33.2 Å². The van der Waals surface area contributed by atoms with Crippen LogP contribution in [0.1, 0.15) is 67.7 Å². The Kier molecular flexibility index (Phi) is 3.85. The van der Waals surface area contributed by atoms with Gasteiger partial charge in [-0.05, 0) is 31.1 Å². The fourth-order valence-electron chi connectivity index (χ4n) is 3.52. The molecule has 4 heteroatoms. The molecule has 0 N–H and O–H groups in total. The van der Waals surface area contributed by atoms with Gasteiger partial charge in [0.1, 0.15) is 5.69 Å². The fraction of sp³-hybridized carbons (Fsp3) is 0.750. The minimum Gasteiger partial charge on any atom is -0.348 e. The van der Waals surface area contributed by atoms with E-state index in [0.717, 1.165) is 36.8 Å². The molecule has 3 rings (SSSR count). The van der Waals surface area contributed by atoms with Gasteiger partial charge < -0.3 is 4.90 Å². The number of aryl methyl sites for hydroxylation is 1. The molecule has 0 amide bonds. The Morgan fingerprint density at radius 3 is 2.50 bits per heavy atom. The van der Waals surface area contributed by atoms with E-state index < -0.39 is 0 Å². The molecule has 2 heterocycles. The molecular formula is C16H24N2OS. The van der Waals surface area contributed by atoms with Gasteiger partial charge in [0.25, 0.3) is 0 Å². The number of piperidine rings is 1. The second-order valence-electron chi connectivity index (χ2n) is 6.24. The van der Waals surface area contributed by atoms with Crippen LogP contribution in [0.5, 0.6) is 0 Å². The van der Waals surface area contributed by atoms with E-state index in [4.69, 9.17) is 0 Å². The maximum absolute atomic E-state index is 11.9. The molecule has 0 saturated carbocycles. The largest absolute Gasteiger partial charge is 0.348 e. The van der Waals surface area contributed by atoms with Crippen LogP contribution in [-0.2, 0) is 6.42 Å². The van der Waals surface area contributed by atoms with Crippen LogP contribution in [0.2, 0.25) is 0 Å². The van der Waals surface area contributed by atoms with Crippen molar-refractivity contribution in [2.75, 3.05) is 18.0 Å². The maximum atomic E-state index is 11.9. The number of ketones is 1. The SMILES string of the molecule is CCC1(CC)CCN(c2nc3c(s2)CCCC3=O)CC1. The molecule has 0 bridgehead atoms. The third-order valence-corrected chi connectivity index (χ3v) is 6.53. The summed E-state index contributed by atoms with van der Waals surface area (Å²) in [5.74, 6) is 0.252. The minimum absolute atomic E-state index is 0.252. The van der Waals surface area contributed by atoms with Crippen molar-refractivity contribution in [2.24, 2.45) is 5.41 Å². The predicted molar refractivity (Wildman–Crippen MR) is 83.8 cm³/mol. The average Bonchev–Trinajstić information content (AvgIpc) is 2.93. The van der Waals surface area contributed by atoms with Gasteiger partial charge in [0.05, 0.1) is 0 Å². The van der Waals surface area contributed by atoms with E-state index in [1.165, 1.54) is 30.6 Å². The molecule has 0 aromatic carbocycles. The van der Waals surface area contributed by atoms with Crippen LogP contribution in [0.3, 0.4) is 0 Å². The van der Waals surface area contributed by atoms with Crippen LogP contribution < -0.4 is 4.90 Å². The summed E-state index contributed by atoms with van der Waals surface area (Å²) in [6, 6.07) is 0. The first-order valence-corrected chi connectivity index (χ1v) is 8.77. The van der Waals surface area contributed by atoms with Crippen molar-refractivity contribution < 1.29 is 4.79 Å². The lowest BCUT2D eigenvalue weighted by Gasteiger charge is -2.40. The summed E-state index contributed by atoms with van der Waals surface area (Å²) in [5.41, 5.74) is 1.32. The second-order valence-corrected chi connectivity index (χ2v) is 7.30. The second kappa shape index (κ2) is 5.47. The normalized spacial score (nSPS) is 21.9. The molecule has 2 aliphatic rings. The van der Waals surface area contributed by atoms with Crippen molar-refractivity contribution in [1.82, 2.24) is 4.98 Å². The number of hydrogen-bond acceptors (Lipinski definition) is 4. The van der Waals surface area contributed by atoms with Crippen LogP contribution in [0.15, 0.2) is 0 Å². The Morgan fingerprint density at radius 2 is 1.90 bits per heavy atom. The summed E-state index contributed by atoms with van der Waals surface area (Å²) >= 11 is 1.75. The van der Waals surface area contributed by atoms with E-state index in [9.17, 15) is 4.79 Å². The molecule has 3 nitrogen and oxygen atoms in total. The highest BCUT2D eigenvalue weighted by Gasteiger charge is 2.33. The van der Waals surface area contributed by atoms with Gasteiger partial charge in [0.15, 0.2) is 10.9 Å². The number of aromatic nitrogens is 1. The van der Waals surface area contributed by atoms with Crippen molar-refractivity contribution in [2.45, 2.75) is 58.8 Å². The highest BCUT2D eigenvalue weighted by molar-refractivity contribution is 7.16. The Bertz CT molecular complexity index is 495. The first-order valence-electron chi connectivity index (χ1n) is 7.95. The van der Waals surface area contributed by atoms with E-state index in [1.54, 1.807) is 11.3 Å². The number of carbonyl (C=O) groups excluding carboxylic acids is 1. The van der Waals surface area contributed by atoms with Crippen molar-refractivity contribution in [3.63, 3.8) is 0 Å². The van der Waals surface area contributed by atoms with Gasteiger partial charge >= 0.3 is 0 Å². The highest BCUT2D eigenvalue weighted by atomic mass is 32.1. The molecule has 1 fully saturated rings. The Balaban J connectivity index is 1.74. The third kappa shape index (κ3) is 2.39. The summed E-state index contributed by atoms with van der Waals surface area (Å²) < 4.78 is 0. The van der Waals surface area contributed by atoms with Gasteiger partial charge in [-0.3, -0.25) is 4.79 Å². The highest BCUT2D eigenvalue weighted by Crippen LogP contribution is 2.40. The summed E-state index contributed by atoms with van der Waals surface area (Å²) in [4.78, 5) is 20.2. The quantitative estimate of drug-likeness (QED) is 0.842. The number of nitrogens with zero attached hydrogens (tertiary/aromatic N) is 2. The Labute approximate surface area is 125 Å². The summed E-state index contributed by atoms with van der Waals surface area (Å²) in [6.45, 7) is 6.84. The van der Waals surface area contributed by atoms with Gasteiger partial charge in [-0.2, -0.15) is 0 Å². The maximum Gasteiger partial charge on any atom is 0.186 e. The van der Waals surface area contributed by atoms with Crippen LogP contribution in [-0.4, -0.2) is 23.9 Å². The van der Waals surface area contributed by atoms with Crippen LogP contribution in [0, 0.1) is 5.41 Å². The molecule has 1 aromatic heterocycles. The molecule has 0 spiro atoms. The number of hydrogen-bond donors (Lipinski definition) is 0. The molecule has 1 aliphatic carbocycles. The molecule has 1 aromatic rings. The van der Waals surface area contributed by atoms with Crippen molar-refractivity contribution in [1.29, 1.82) is 0 Å². The van der Waals surface area contributed by atoms with Crippen LogP contribution >= 0.6 is 11.3 Å². The van der Waals surface area contributed by atoms with Gasteiger partial charge in [-0.25, -0.2) is 4.98 Å². The summed E-state index contributed by atoms with van der Waals surface area (Å²) in [6.07, 6.45) is 7.82. The van der Waals surface area contributed by atoms with Gasteiger partial charge in [0, 0.05) is 24.4 Å². The standard InChI is InChI=1S/C16H24N2OS/c1-3-16(4-2)8-10-18(11-9-16)15-17-14-12(19)6-5-7-13(14)20-15/h3-11H2,1-2H3. The van der Waals surface area contributed by atoms with Gasteiger partial charge in [0.2, 0.25) is 0 Å². The van der Waals surface area contributed by atoms with E-state index in [0.29, 0.717) is 11.8 Å². The van der Waals surface area contributed by atoms with E-state index in [-0.39, 0.29) is 5.78 Å². The monoisotopic (exact) mass is 292 g/mol. The first-order chi connectivity index (χ1) is 9.67. The average molecular weight is 292 g/mol. The first kappa shape index (κ1) is 14.1. The molecule has 110 valence electrons. The van der Waals surface area contributed by atoms with Crippen molar-refractivity contribution in [3.05, 3.63) is 10.6 Å². The number of carbonyl (C=O) groups is 1. The lowest BCUT2D eigenvalue weighted by Crippen LogP contribution is -2.39. The summed E-state index contributed by atoms with van der Waals surface area (Å²) in [7, 11) is 0. The predicted octanol–water partition coefficient (Wildman–Crippen LogP) is 4.07. The van der Waals surface area contributed by atoms with Crippen molar-refractivity contribution in [3.8, 4) is 0 Å². The van der Waals surface area contributed by atoms with Crippen LogP contribution in [0.25, 0.3) is 0 Å². The lowest BCUT2D eigenvalue weighted by molar-refractivity contribution is 0.0968. The molecule has 1 aliphatic heterocycles. The smallest absolute Gasteiger partial charge is 0.186 e. The van der Waals surface area contributed by atoms with Crippen molar-refractivity contribution >= 4 is 22.3 Å². The molecule has 0 unspecified atom stereocenters. The number of rotatable bonds is 3. The molecule has 0 atom stereocenters. The van der Waals surface area contributed by atoms with E-state index >= 15 is 0 Å². The molecule has 20 heavy (non-hydrogen) atoms. The minimum atomic E-state index is 0.252. The van der Waals surface area contributed by atoms with Crippen LogP contribution in [0.4, 0.5) is 5.13 Å². The number of anilines is 1. The Morgan fingerprint density at radius 1 is 1.20 bits per heavy atom. The zero-order valence-corrected chi connectivity index (χ0v) is 13.4. The van der Waals surface area contributed by atoms with E-state index in [1.807, 2.05) is 0 Å². The Hall–Kier alpha value is -0.900. The fourth-order valence-corrected chi connectivity index (χ4v) is 4.69. The van der Waals surface area contributed by atoms with E-state index in [2.05, 4.69) is 23.7 Å². The van der Waals surface area contributed by atoms with Gasteiger partial charge in [-0.15, -0.1) is 11.3 Å².